The Balaban J connectivity index is 1.94. The van der Waals surface area contributed by atoms with Crippen molar-refractivity contribution in [2.45, 2.75) is 13.1 Å². The molecule has 0 aromatic heterocycles. The fourth-order valence-electron chi connectivity index (χ4n) is 2.06. The summed E-state index contributed by atoms with van der Waals surface area (Å²) >= 11 is 5.80. The van der Waals surface area contributed by atoms with Crippen molar-refractivity contribution in [3.05, 3.63) is 64.2 Å². The number of nitrogens with one attached hydrogen (secondary N) is 1. The summed E-state index contributed by atoms with van der Waals surface area (Å²) in [6.07, 6.45) is 0. The maximum absolute atomic E-state index is 12.0. The molecule has 0 radical (unpaired) electrons. The third kappa shape index (κ3) is 4.48. The molecule has 0 saturated heterocycles. The van der Waals surface area contributed by atoms with Crippen LogP contribution in [0.5, 0.6) is 5.75 Å². The van der Waals surface area contributed by atoms with E-state index in [1.54, 1.807) is 0 Å². The fraction of sp³-hybridized carbons (Fsp3) is 0.235. The van der Waals surface area contributed by atoms with Crippen molar-refractivity contribution in [3.8, 4) is 5.75 Å². The summed E-state index contributed by atoms with van der Waals surface area (Å²) in [4.78, 5) is 14.1. The van der Waals surface area contributed by atoms with E-state index in [0.29, 0.717) is 12.1 Å². The number of carbonyl (C=O) groups excluding carboxylic acids is 1. The molecule has 0 spiro atoms. The van der Waals surface area contributed by atoms with Gasteiger partial charge in [0.1, 0.15) is 5.75 Å². The first kappa shape index (κ1) is 16.3. The highest BCUT2D eigenvalue weighted by Crippen LogP contribution is 2.23. The molecule has 0 heterocycles. The van der Waals surface area contributed by atoms with Crippen LogP contribution in [0.25, 0.3) is 0 Å². The largest absolute Gasteiger partial charge is 0.506 e. The molecule has 2 aromatic carbocycles. The monoisotopic (exact) mass is 318 g/mol. The van der Waals surface area contributed by atoms with Crippen LogP contribution in [0.2, 0.25) is 5.02 Å². The summed E-state index contributed by atoms with van der Waals surface area (Å²) in [7, 11) is 4.05. The standard InChI is InChI=1S/C17H19ClN2O2/c1-20(2)11-13-5-3-12(4-6-13)10-19-17(22)14-7-8-16(21)15(18)9-14/h3-9,21H,10-11H2,1-2H3,(H,19,22). The fourth-order valence-corrected chi connectivity index (χ4v) is 2.24. The van der Waals surface area contributed by atoms with Gasteiger partial charge < -0.3 is 15.3 Å². The van der Waals surface area contributed by atoms with Crippen LogP contribution in [0.15, 0.2) is 42.5 Å². The van der Waals surface area contributed by atoms with Gasteiger partial charge in [-0.25, -0.2) is 0 Å². The first-order valence-corrected chi connectivity index (χ1v) is 7.33. The molecule has 2 aromatic rings. The summed E-state index contributed by atoms with van der Waals surface area (Å²) in [6, 6.07) is 12.5. The first-order chi connectivity index (χ1) is 10.5. The SMILES string of the molecule is CN(C)Cc1ccc(CNC(=O)c2ccc(O)c(Cl)c2)cc1. The van der Waals surface area contributed by atoms with Gasteiger partial charge in [0.2, 0.25) is 0 Å². The van der Waals surface area contributed by atoms with Crippen molar-refractivity contribution in [1.29, 1.82) is 0 Å². The molecular weight excluding hydrogens is 300 g/mol. The number of carbonyl (C=O) groups is 1. The topological polar surface area (TPSA) is 52.6 Å². The quantitative estimate of drug-likeness (QED) is 0.891. The number of rotatable bonds is 5. The minimum atomic E-state index is -0.223. The average molecular weight is 319 g/mol. The maximum atomic E-state index is 12.0. The number of hydrogen-bond donors (Lipinski definition) is 2. The molecule has 0 aliphatic rings. The minimum absolute atomic E-state index is 0.0327. The predicted octanol–water partition coefficient (Wildman–Crippen LogP) is 3.04. The lowest BCUT2D eigenvalue weighted by molar-refractivity contribution is 0.0951. The van der Waals surface area contributed by atoms with Crippen molar-refractivity contribution >= 4 is 17.5 Å². The maximum Gasteiger partial charge on any atom is 0.251 e. The van der Waals surface area contributed by atoms with Crippen LogP contribution in [-0.4, -0.2) is 30.0 Å². The van der Waals surface area contributed by atoms with Gasteiger partial charge in [0.05, 0.1) is 5.02 Å². The van der Waals surface area contributed by atoms with E-state index in [1.807, 2.05) is 26.2 Å². The van der Waals surface area contributed by atoms with Crippen LogP contribution in [0.4, 0.5) is 0 Å². The highest BCUT2D eigenvalue weighted by molar-refractivity contribution is 6.32. The van der Waals surface area contributed by atoms with Crippen LogP contribution in [0, 0.1) is 0 Å². The summed E-state index contributed by atoms with van der Waals surface area (Å²) in [5, 5.41) is 12.4. The molecule has 0 aliphatic carbocycles. The third-order valence-electron chi connectivity index (χ3n) is 3.18. The first-order valence-electron chi connectivity index (χ1n) is 6.95. The van der Waals surface area contributed by atoms with Crippen molar-refractivity contribution in [2.75, 3.05) is 14.1 Å². The predicted molar refractivity (Wildman–Crippen MR) is 88.1 cm³/mol. The van der Waals surface area contributed by atoms with Crippen LogP contribution in [-0.2, 0) is 13.1 Å². The zero-order chi connectivity index (χ0) is 16.1. The highest BCUT2D eigenvalue weighted by atomic mass is 35.5. The van der Waals surface area contributed by atoms with Crippen molar-refractivity contribution in [3.63, 3.8) is 0 Å². The van der Waals surface area contributed by atoms with Crippen LogP contribution in [0.3, 0.4) is 0 Å². The minimum Gasteiger partial charge on any atom is -0.506 e. The molecule has 0 aliphatic heterocycles. The Labute approximate surface area is 135 Å². The van der Waals surface area contributed by atoms with Crippen molar-refractivity contribution in [2.24, 2.45) is 0 Å². The van der Waals surface area contributed by atoms with Gasteiger partial charge in [0.25, 0.3) is 5.91 Å². The normalized spacial score (nSPS) is 10.7. The van der Waals surface area contributed by atoms with E-state index in [-0.39, 0.29) is 16.7 Å². The van der Waals surface area contributed by atoms with E-state index in [2.05, 4.69) is 22.3 Å². The Morgan fingerprint density at radius 3 is 2.36 bits per heavy atom. The van der Waals surface area contributed by atoms with Crippen LogP contribution >= 0.6 is 11.6 Å². The summed E-state index contributed by atoms with van der Waals surface area (Å²) < 4.78 is 0. The number of amides is 1. The highest BCUT2D eigenvalue weighted by Gasteiger charge is 2.08. The lowest BCUT2D eigenvalue weighted by atomic mass is 10.1. The molecule has 0 unspecified atom stereocenters. The molecule has 22 heavy (non-hydrogen) atoms. The lowest BCUT2D eigenvalue weighted by Crippen LogP contribution is -2.22. The Hall–Kier alpha value is -2.04. The van der Waals surface area contributed by atoms with Crippen molar-refractivity contribution < 1.29 is 9.90 Å². The summed E-state index contributed by atoms with van der Waals surface area (Å²) in [5.41, 5.74) is 2.68. The van der Waals surface area contributed by atoms with E-state index < -0.39 is 0 Å². The van der Waals surface area contributed by atoms with E-state index in [4.69, 9.17) is 11.6 Å². The second-order valence-electron chi connectivity index (χ2n) is 5.40. The van der Waals surface area contributed by atoms with Gasteiger partial charge >= 0.3 is 0 Å². The van der Waals surface area contributed by atoms with Gasteiger partial charge in [-0.05, 0) is 43.4 Å². The second kappa shape index (κ2) is 7.29. The molecule has 0 saturated carbocycles. The van der Waals surface area contributed by atoms with Gasteiger partial charge in [-0.2, -0.15) is 0 Å². The third-order valence-corrected chi connectivity index (χ3v) is 3.49. The van der Waals surface area contributed by atoms with Gasteiger partial charge in [-0.3, -0.25) is 4.79 Å². The molecule has 0 bridgehead atoms. The van der Waals surface area contributed by atoms with E-state index >= 15 is 0 Å². The average Bonchev–Trinajstić information content (AvgIpc) is 2.48. The Morgan fingerprint density at radius 1 is 1.14 bits per heavy atom. The van der Waals surface area contributed by atoms with Crippen LogP contribution < -0.4 is 5.32 Å². The van der Waals surface area contributed by atoms with E-state index in [1.165, 1.54) is 23.8 Å². The summed E-state index contributed by atoms with van der Waals surface area (Å²) in [6.45, 7) is 1.33. The lowest BCUT2D eigenvalue weighted by Gasteiger charge is -2.10. The molecule has 2 N–H and O–H groups in total. The number of benzene rings is 2. The zero-order valence-corrected chi connectivity index (χ0v) is 13.4. The molecule has 0 atom stereocenters. The summed E-state index contributed by atoms with van der Waals surface area (Å²) in [5.74, 6) is -0.256. The Bertz CT molecular complexity index is 654. The molecule has 0 fully saturated rings. The van der Waals surface area contributed by atoms with E-state index in [0.717, 1.165) is 12.1 Å². The van der Waals surface area contributed by atoms with Gasteiger partial charge in [-0.1, -0.05) is 35.9 Å². The number of phenols is 1. The Morgan fingerprint density at radius 2 is 1.77 bits per heavy atom. The van der Waals surface area contributed by atoms with Crippen molar-refractivity contribution in [1.82, 2.24) is 10.2 Å². The molecule has 5 heteroatoms. The number of halogens is 1. The van der Waals surface area contributed by atoms with Gasteiger partial charge in [0, 0.05) is 18.7 Å². The molecular formula is C17H19ClN2O2. The molecule has 1 amide bonds. The zero-order valence-electron chi connectivity index (χ0n) is 12.6. The smallest absolute Gasteiger partial charge is 0.251 e. The molecule has 116 valence electrons. The van der Waals surface area contributed by atoms with Crippen LogP contribution in [0.1, 0.15) is 21.5 Å². The number of aromatic hydroxyl groups is 1. The van der Waals surface area contributed by atoms with Gasteiger partial charge in [0.15, 0.2) is 0 Å². The van der Waals surface area contributed by atoms with Gasteiger partial charge in [-0.15, -0.1) is 0 Å². The number of phenolic OH excluding ortho intramolecular Hbond substituents is 1. The van der Waals surface area contributed by atoms with E-state index in [9.17, 15) is 9.90 Å². The molecule has 2 rings (SSSR count). The number of hydrogen-bond acceptors (Lipinski definition) is 3. The second-order valence-corrected chi connectivity index (χ2v) is 5.81. The number of nitrogens with zero attached hydrogens (tertiary/aromatic N) is 1. The molecule has 4 nitrogen and oxygen atoms in total. The Kier molecular flexibility index (Phi) is 5.41.